The van der Waals surface area contributed by atoms with E-state index in [4.69, 9.17) is 4.74 Å². The highest BCUT2D eigenvalue weighted by Crippen LogP contribution is 2.64. The van der Waals surface area contributed by atoms with Crippen LogP contribution >= 0.6 is 0 Å². The van der Waals surface area contributed by atoms with Gasteiger partial charge in [0.25, 0.3) is 0 Å². The van der Waals surface area contributed by atoms with Crippen molar-refractivity contribution in [2.45, 2.75) is 57.8 Å². The third-order valence-corrected chi connectivity index (χ3v) is 6.87. The summed E-state index contributed by atoms with van der Waals surface area (Å²) in [5.74, 6) is -1.44. The summed E-state index contributed by atoms with van der Waals surface area (Å²) < 4.78 is 6.14. The van der Waals surface area contributed by atoms with Crippen LogP contribution in [0.15, 0.2) is 35.5 Å². The fourth-order valence-electron chi connectivity index (χ4n) is 5.56. The number of carbonyl (C=O) groups is 3. The molecular formula is C21H24O5. The highest BCUT2D eigenvalue weighted by Gasteiger charge is 2.75. The summed E-state index contributed by atoms with van der Waals surface area (Å²) in [4.78, 5) is 39.2. The second-order valence-electron chi connectivity index (χ2n) is 8.70. The molecule has 0 unspecified atom stereocenters. The number of aliphatic hydroxyl groups is 1. The number of rotatable bonds is 1. The Bertz CT molecular complexity index is 825. The molecule has 0 radical (unpaired) electrons. The molecule has 0 aromatic carbocycles. The normalized spacial score (nSPS) is 46.6. The molecule has 1 aliphatic heterocycles. The lowest BCUT2D eigenvalue weighted by molar-refractivity contribution is -0.153. The van der Waals surface area contributed by atoms with Gasteiger partial charge >= 0.3 is 0 Å². The smallest absolute Gasteiger partial charge is 0.193 e. The van der Waals surface area contributed by atoms with E-state index >= 15 is 0 Å². The largest absolute Gasteiger partial charge is 0.390 e. The molecule has 1 heterocycles. The molecule has 0 amide bonds. The first-order valence-electron chi connectivity index (χ1n) is 9.14. The predicted octanol–water partition coefficient (Wildman–Crippen LogP) is 2.09. The summed E-state index contributed by atoms with van der Waals surface area (Å²) in [6.45, 7) is 7.23. The lowest BCUT2D eigenvalue weighted by Gasteiger charge is -2.50. The van der Waals surface area contributed by atoms with Crippen LogP contribution in [-0.4, -0.2) is 39.8 Å². The summed E-state index contributed by atoms with van der Waals surface area (Å²) in [6.07, 6.45) is 6.18. The van der Waals surface area contributed by atoms with E-state index in [9.17, 15) is 19.5 Å². The molecule has 6 atom stereocenters. The maximum atomic E-state index is 13.5. The summed E-state index contributed by atoms with van der Waals surface area (Å²) >= 11 is 0. The summed E-state index contributed by atoms with van der Waals surface area (Å²) in [7, 11) is 0. The van der Waals surface area contributed by atoms with Crippen LogP contribution < -0.4 is 0 Å². The van der Waals surface area contributed by atoms with Crippen LogP contribution in [0.25, 0.3) is 0 Å². The molecule has 0 aromatic heterocycles. The Morgan fingerprint density at radius 2 is 1.92 bits per heavy atom. The van der Waals surface area contributed by atoms with E-state index in [0.29, 0.717) is 12.8 Å². The lowest BCUT2D eigenvalue weighted by Crippen LogP contribution is -2.62. The first-order chi connectivity index (χ1) is 12.1. The van der Waals surface area contributed by atoms with Crippen molar-refractivity contribution < 1.29 is 24.2 Å². The average molecular weight is 356 g/mol. The number of ketones is 3. The second kappa shape index (κ2) is 5.11. The molecule has 0 aromatic rings. The van der Waals surface area contributed by atoms with Gasteiger partial charge in [-0.1, -0.05) is 11.6 Å². The number of allylic oxidation sites excluding steroid dienone is 2. The van der Waals surface area contributed by atoms with Crippen LogP contribution in [0.3, 0.4) is 0 Å². The van der Waals surface area contributed by atoms with Gasteiger partial charge < -0.3 is 9.84 Å². The van der Waals surface area contributed by atoms with Crippen molar-refractivity contribution in [1.82, 2.24) is 0 Å². The molecule has 26 heavy (non-hydrogen) atoms. The summed E-state index contributed by atoms with van der Waals surface area (Å²) in [5.41, 5.74) is -2.63. The fraction of sp³-hybridized carbons (Fsp3) is 0.571. The quantitative estimate of drug-likeness (QED) is 0.728. The highest BCUT2D eigenvalue weighted by molar-refractivity contribution is 6.23. The topological polar surface area (TPSA) is 80.7 Å². The summed E-state index contributed by atoms with van der Waals surface area (Å²) in [5, 5.41) is 10.8. The van der Waals surface area contributed by atoms with Crippen molar-refractivity contribution in [3.8, 4) is 0 Å². The van der Waals surface area contributed by atoms with E-state index in [0.717, 1.165) is 5.57 Å². The maximum absolute atomic E-state index is 13.5. The number of carbonyl (C=O) groups excluding carboxylic acids is 3. The zero-order valence-corrected chi connectivity index (χ0v) is 15.5. The minimum Gasteiger partial charge on any atom is -0.390 e. The van der Waals surface area contributed by atoms with Crippen molar-refractivity contribution in [2.75, 3.05) is 0 Å². The molecule has 2 fully saturated rings. The van der Waals surface area contributed by atoms with Crippen LogP contribution in [0.1, 0.15) is 40.5 Å². The standard InChI is InChI=1S/C21H24O5/c1-11(2)9-16-18(24)20(4)12-7-8-19(3,25)13(12)10-14-15(22)5-6-17(23)21(14,20)26-16/h5-6,9-10,12-13,16,25H,7-8H2,1-4H3/t12-,13+,16+,19+,20-,21+/m0/s1. The van der Waals surface area contributed by atoms with E-state index in [1.165, 1.54) is 12.2 Å². The lowest BCUT2D eigenvalue weighted by atomic mass is 9.51. The van der Waals surface area contributed by atoms with Crippen molar-refractivity contribution in [3.63, 3.8) is 0 Å². The average Bonchev–Trinajstić information content (AvgIpc) is 2.97. The predicted molar refractivity (Wildman–Crippen MR) is 94.2 cm³/mol. The number of ether oxygens (including phenoxy) is 1. The molecule has 4 rings (SSSR count). The Hall–Kier alpha value is -1.85. The van der Waals surface area contributed by atoms with Crippen LogP contribution in [0, 0.1) is 17.3 Å². The second-order valence-corrected chi connectivity index (χ2v) is 8.70. The van der Waals surface area contributed by atoms with E-state index in [1.807, 2.05) is 13.8 Å². The minimum atomic E-state index is -1.58. The van der Waals surface area contributed by atoms with Gasteiger partial charge in [-0.2, -0.15) is 0 Å². The molecule has 138 valence electrons. The van der Waals surface area contributed by atoms with Gasteiger partial charge in [-0.15, -0.1) is 0 Å². The first kappa shape index (κ1) is 17.6. The number of fused-ring (bicyclic) bond motifs is 2. The molecule has 0 bridgehead atoms. The molecule has 5 nitrogen and oxygen atoms in total. The Labute approximate surface area is 152 Å². The van der Waals surface area contributed by atoms with Gasteiger partial charge in [0, 0.05) is 11.5 Å². The third-order valence-electron chi connectivity index (χ3n) is 6.87. The first-order valence-corrected chi connectivity index (χ1v) is 9.14. The zero-order valence-electron chi connectivity index (χ0n) is 15.5. The molecule has 4 aliphatic rings. The molecule has 1 N–H and O–H groups in total. The van der Waals surface area contributed by atoms with Gasteiger partial charge in [0.15, 0.2) is 23.0 Å². The Kier molecular flexibility index (Phi) is 3.45. The number of hydrogen-bond acceptors (Lipinski definition) is 5. The van der Waals surface area contributed by atoms with Crippen molar-refractivity contribution in [1.29, 1.82) is 0 Å². The van der Waals surface area contributed by atoms with Gasteiger partial charge in [0.2, 0.25) is 0 Å². The van der Waals surface area contributed by atoms with Crippen molar-refractivity contribution in [3.05, 3.63) is 35.5 Å². The SMILES string of the molecule is CC(C)=C[C@H]1O[C@@]23C(=O)C=CC(=O)C2=C[C@@H]2[C@H](CC[C@@]2(C)O)[C@@]3(C)C1=O. The fourth-order valence-corrected chi connectivity index (χ4v) is 5.56. The van der Waals surface area contributed by atoms with Crippen LogP contribution in [-0.2, 0) is 19.1 Å². The van der Waals surface area contributed by atoms with Gasteiger partial charge in [0.05, 0.1) is 11.0 Å². The molecule has 1 saturated carbocycles. The van der Waals surface area contributed by atoms with E-state index in [2.05, 4.69) is 0 Å². The molecule has 3 aliphatic carbocycles. The maximum Gasteiger partial charge on any atom is 0.193 e. The number of hydrogen-bond donors (Lipinski definition) is 1. The van der Waals surface area contributed by atoms with E-state index < -0.39 is 22.7 Å². The molecular weight excluding hydrogens is 332 g/mol. The van der Waals surface area contributed by atoms with Crippen LogP contribution in [0.5, 0.6) is 0 Å². The van der Waals surface area contributed by atoms with Crippen molar-refractivity contribution in [2.24, 2.45) is 17.3 Å². The molecule has 1 saturated heterocycles. The van der Waals surface area contributed by atoms with Crippen LogP contribution in [0.4, 0.5) is 0 Å². The van der Waals surface area contributed by atoms with Gasteiger partial charge in [0.1, 0.15) is 6.10 Å². The molecule has 1 spiro atoms. The van der Waals surface area contributed by atoms with Gasteiger partial charge in [-0.3, -0.25) is 14.4 Å². The van der Waals surface area contributed by atoms with E-state index in [1.54, 1.807) is 26.0 Å². The Morgan fingerprint density at radius 1 is 1.23 bits per heavy atom. The van der Waals surface area contributed by atoms with Gasteiger partial charge in [-0.05, 0) is 64.7 Å². The van der Waals surface area contributed by atoms with E-state index in [-0.39, 0.29) is 34.8 Å². The van der Waals surface area contributed by atoms with Gasteiger partial charge in [-0.25, -0.2) is 0 Å². The third kappa shape index (κ3) is 1.85. The highest BCUT2D eigenvalue weighted by atomic mass is 16.5. The van der Waals surface area contributed by atoms with Crippen LogP contribution in [0.2, 0.25) is 0 Å². The Balaban J connectivity index is 2.01. The minimum absolute atomic E-state index is 0.173. The summed E-state index contributed by atoms with van der Waals surface area (Å²) in [6, 6.07) is 0. The van der Waals surface area contributed by atoms with Crippen molar-refractivity contribution >= 4 is 17.3 Å². The number of Topliss-reactive ketones (excluding diaryl/α,β-unsaturated/α-hetero) is 1. The zero-order chi connectivity index (χ0) is 19.1. The molecule has 5 heteroatoms. The Morgan fingerprint density at radius 3 is 2.58 bits per heavy atom. The monoisotopic (exact) mass is 356 g/mol.